The molecule has 1 aromatic rings. The van der Waals surface area contributed by atoms with E-state index in [1.807, 2.05) is 13.0 Å². The highest BCUT2D eigenvalue weighted by molar-refractivity contribution is 7.92. The van der Waals surface area contributed by atoms with E-state index in [2.05, 4.69) is 21.5 Å². The van der Waals surface area contributed by atoms with Crippen LogP contribution >= 0.6 is 0 Å². The third-order valence-corrected chi connectivity index (χ3v) is 5.38. The van der Waals surface area contributed by atoms with Gasteiger partial charge in [-0.3, -0.25) is 4.72 Å². The molecule has 1 atom stereocenters. The molecule has 5 nitrogen and oxygen atoms in total. The predicted octanol–water partition coefficient (Wildman–Crippen LogP) is 3.00. The number of rotatable bonds is 6. The van der Waals surface area contributed by atoms with Crippen LogP contribution < -0.4 is 9.62 Å². The molecule has 0 bridgehead atoms. The maximum atomic E-state index is 11.7. The first-order valence-corrected chi connectivity index (χ1v) is 9.44. The van der Waals surface area contributed by atoms with Gasteiger partial charge in [-0.25, -0.2) is 13.4 Å². The molecule has 2 rings (SSSR count). The van der Waals surface area contributed by atoms with E-state index in [1.54, 1.807) is 12.3 Å². The van der Waals surface area contributed by atoms with Gasteiger partial charge in [-0.05, 0) is 44.2 Å². The minimum Gasteiger partial charge on any atom is -0.354 e. The summed E-state index contributed by atoms with van der Waals surface area (Å²) in [6.07, 6.45) is 7.03. The molecule has 1 aliphatic heterocycles. The van der Waals surface area contributed by atoms with Crippen LogP contribution in [-0.4, -0.2) is 31.7 Å². The largest absolute Gasteiger partial charge is 0.354 e. The van der Waals surface area contributed by atoms with Crippen molar-refractivity contribution >= 4 is 21.5 Å². The molecule has 1 unspecified atom stereocenters. The van der Waals surface area contributed by atoms with Gasteiger partial charge in [0.2, 0.25) is 10.0 Å². The number of nitrogens with one attached hydrogen (secondary N) is 1. The van der Waals surface area contributed by atoms with Gasteiger partial charge in [-0.1, -0.05) is 13.8 Å². The Morgan fingerprint density at radius 2 is 2.14 bits per heavy atom. The van der Waals surface area contributed by atoms with Gasteiger partial charge in [0.15, 0.2) is 0 Å². The number of aromatic nitrogens is 1. The molecule has 0 amide bonds. The van der Waals surface area contributed by atoms with Crippen LogP contribution in [-0.2, 0) is 10.0 Å². The molecule has 2 heterocycles. The minimum atomic E-state index is -3.24. The monoisotopic (exact) mass is 311 g/mol. The third-order valence-electron chi connectivity index (χ3n) is 3.89. The van der Waals surface area contributed by atoms with Crippen molar-refractivity contribution in [2.75, 3.05) is 21.9 Å². The van der Waals surface area contributed by atoms with Gasteiger partial charge in [0, 0.05) is 12.6 Å². The summed E-state index contributed by atoms with van der Waals surface area (Å²) in [6.45, 7) is 5.09. The number of hydrogen-bond acceptors (Lipinski definition) is 4. The number of nitrogens with zero attached hydrogens (tertiary/aromatic N) is 2. The van der Waals surface area contributed by atoms with Gasteiger partial charge in [0.1, 0.15) is 5.82 Å². The molecule has 0 aromatic carbocycles. The van der Waals surface area contributed by atoms with Crippen LogP contribution in [0.5, 0.6) is 0 Å². The summed E-state index contributed by atoms with van der Waals surface area (Å²) < 4.78 is 26.0. The summed E-state index contributed by atoms with van der Waals surface area (Å²) in [4.78, 5) is 6.78. The Morgan fingerprint density at radius 1 is 1.33 bits per heavy atom. The Kier molecular flexibility index (Phi) is 5.45. The zero-order valence-electron chi connectivity index (χ0n) is 12.9. The lowest BCUT2D eigenvalue weighted by Crippen LogP contribution is -2.39. The van der Waals surface area contributed by atoms with Crippen LogP contribution in [0.1, 0.15) is 46.0 Å². The lowest BCUT2D eigenvalue weighted by atomic mass is 10.00. The van der Waals surface area contributed by atoms with Gasteiger partial charge in [-0.15, -0.1) is 0 Å². The smallest absolute Gasteiger partial charge is 0.232 e. The highest BCUT2D eigenvalue weighted by atomic mass is 32.2. The van der Waals surface area contributed by atoms with Crippen molar-refractivity contribution in [3.05, 3.63) is 18.3 Å². The first-order valence-electron chi connectivity index (χ1n) is 7.79. The molecule has 1 fully saturated rings. The fraction of sp³-hybridized carbons (Fsp3) is 0.667. The molecular formula is C15H25N3O2S. The fourth-order valence-corrected chi connectivity index (χ4v) is 3.96. The molecule has 1 saturated heterocycles. The van der Waals surface area contributed by atoms with E-state index in [1.165, 1.54) is 19.3 Å². The first kappa shape index (κ1) is 16.1. The van der Waals surface area contributed by atoms with E-state index in [-0.39, 0.29) is 5.75 Å². The molecule has 21 heavy (non-hydrogen) atoms. The van der Waals surface area contributed by atoms with Gasteiger partial charge in [-0.2, -0.15) is 0 Å². The normalized spacial score (nSPS) is 19.5. The van der Waals surface area contributed by atoms with Crippen LogP contribution in [0.2, 0.25) is 0 Å². The van der Waals surface area contributed by atoms with E-state index in [4.69, 9.17) is 0 Å². The van der Waals surface area contributed by atoms with Crippen molar-refractivity contribution in [3.8, 4) is 0 Å². The zero-order valence-corrected chi connectivity index (χ0v) is 13.7. The molecule has 1 aromatic heterocycles. The van der Waals surface area contributed by atoms with Crippen LogP contribution in [0.25, 0.3) is 0 Å². The zero-order chi connectivity index (χ0) is 15.3. The SMILES string of the molecule is CCCS(=O)(=O)Nc1ccc(N2CCCCC2CC)nc1. The molecule has 1 N–H and O–H groups in total. The van der Waals surface area contributed by atoms with E-state index in [0.29, 0.717) is 18.2 Å². The molecule has 6 heteroatoms. The Bertz CT molecular complexity index is 543. The van der Waals surface area contributed by atoms with E-state index in [0.717, 1.165) is 18.8 Å². The molecule has 0 radical (unpaired) electrons. The molecule has 118 valence electrons. The Morgan fingerprint density at radius 3 is 2.76 bits per heavy atom. The average Bonchev–Trinajstić information content (AvgIpc) is 2.47. The molecule has 1 aliphatic rings. The maximum absolute atomic E-state index is 11.7. The second-order valence-corrected chi connectivity index (χ2v) is 7.42. The van der Waals surface area contributed by atoms with E-state index in [9.17, 15) is 8.42 Å². The molecule has 0 spiro atoms. The second kappa shape index (κ2) is 7.11. The van der Waals surface area contributed by atoms with Gasteiger partial charge in [0.25, 0.3) is 0 Å². The van der Waals surface area contributed by atoms with Crippen LogP contribution in [0, 0.1) is 0 Å². The lowest BCUT2D eigenvalue weighted by molar-refractivity contribution is 0.447. The van der Waals surface area contributed by atoms with Crippen molar-refractivity contribution < 1.29 is 8.42 Å². The van der Waals surface area contributed by atoms with Crippen molar-refractivity contribution in [2.45, 2.75) is 52.0 Å². The maximum Gasteiger partial charge on any atom is 0.232 e. The standard InChI is InChI=1S/C15H25N3O2S/c1-3-11-21(19,20)17-13-8-9-15(16-12-13)18-10-6-5-7-14(18)4-2/h8-9,12,14,17H,3-7,10-11H2,1-2H3. The quantitative estimate of drug-likeness (QED) is 0.877. The average molecular weight is 311 g/mol. The number of pyridine rings is 1. The summed E-state index contributed by atoms with van der Waals surface area (Å²) in [5.74, 6) is 1.08. The summed E-state index contributed by atoms with van der Waals surface area (Å²) in [6, 6.07) is 4.27. The summed E-state index contributed by atoms with van der Waals surface area (Å²) >= 11 is 0. The molecule has 0 aliphatic carbocycles. The second-order valence-electron chi connectivity index (χ2n) is 5.58. The number of sulfonamides is 1. The Labute approximate surface area is 127 Å². The molecular weight excluding hydrogens is 286 g/mol. The van der Waals surface area contributed by atoms with Gasteiger partial charge >= 0.3 is 0 Å². The Balaban J connectivity index is 2.08. The van der Waals surface area contributed by atoms with Crippen molar-refractivity contribution in [2.24, 2.45) is 0 Å². The topological polar surface area (TPSA) is 62.3 Å². The van der Waals surface area contributed by atoms with Crippen LogP contribution in [0.4, 0.5) is 11.5 Å². The van der Waals surface area contributed by atoms with Crippen LogP contribution in [0.15, 0.2) is 18.3 Å². The van der Waals surface area contributed by atoms with Gasteiger partial charge in [0.05, 0.1) is 17.6 Å². The van der Waals surface area contributed by atoms with E-state index < -0.39 is 10.0 Å². The van der Waals surface area contributed by atoms with Gasteiger partial charge < -0.3 is 4.90 Å². The summed E-state index contributed by atoms with van der Waals surface area (Å²) in [5.41, 5.74) is 0.539. The number of anilines is 2. The van der Waals surface area contributed by atoms with Crippen LogP contribution in [0.3, 0.4) is 0 Å². The predicted molar refractivity (Wildman–Crippen MR) is 87.2 cm³/mol. The number of piperidine rings is 1. The first-order chi connectivity index (χ1) is 10.1. The van der Waals surface area contributed by atoms with Crippen molar-refractivity contribution in [1.29, 1.82) is 0 Å². The minimum absolute atomic E-state index is 0.138. The molecule has 0 saturated carbocycles. The lowest BCUT2D eigenvalue weighted by Gasteiger charge is -2.36. The number of hydrogen-bond donors (Lipinski definition) is 1. The van der Waals surface area contributed by atoms with Crippen molar-refractivity contribution in [3.63, 3.8) is 0 Å². The fourth-order valence-electron chi connectivity index (χ4n) is 2.84. The Hall–Kier alpha value is -1.30. The highest BCUT2D eigenvalue weighted by Crippen LogP contribution is 2.25. The van der Waals surface area contributed by atoms with E-state index >= 15 is 0 Å². The summed E-state index contributed by atoms with van der Waals surface area (Å²) in [5, 5.41) is 0. The van der Waals surface area contributed by atoms with Crippen molar-refractivity contribution in [1.82, 2.24) is 4.98 Å². The highest BCUT2D eigenvalue weighted by Gasteiger charge is 2.21. The summed E-state index contributed by atoms with van der Waals surface area (Å²) in [7, 11) is -3.24. The third kappa shape index (κ3) is 4.33.